The summed E-state index contributed by atoms with van der Waals surface area (Å²) in [5.41, 5.74) is -0.702. The van der Waals surface area contributed by atoms with Gasteiger partial charge in [0.1, 0.15) is 23.1 Å². The maximum Gasteiger partial charge on any atom is 0.258 e. The highest BCUT2D eigenvalue weighted by Crippen LogP contribution is 2.44. The first kappa shape index (κ1) is 25.2. The van der Waals surface area contributed by atoms with E-state index in [1.807, 2.05) is 0 Å². The van der Waals surface area contributed by atoms with Gasteiger partial charge in [0.05, 0.1) is 16.1 Å². The molecule has 2 fully saturated rings. The van der Waals surface area contributed by atoms with E-state index in [1.54, 1.807) is 0 Å². The second-order valence-corrected chi connectivity index (χ2v) is 9.56. The Hall–Kier alpha value is -2.91. The average molecular weight is 527 g/mol. The van der Waals surface area contributed by atoms with Gasteiger partial charge in [0, 0.05) is 24.1 Å². The Morgan fingerprint density at radius 3 is 2.11 bits per heavy atom. The predicted molar refractivity (Wildman–Crippen MR) is 124 cm³/mol. The number of hydrogen-bond acceptors (Lipinski definition) is 5. The van der Waals surface area contributed by atoms with E-state index in [0.29, 0.717) is 19.3 Å². The summed E-state index contributed by atoms with van der Waals surface area (Å²) in [4.78, 5) is 37.6. The summed E-state index contributed by atoms with van der Waals surface area (Å²) >= 11 is 11.3. The first-order valence-electron chi connectivity index (χ1n) is 10.9. The molecule has 2 bridgehead atoms. The minimum atomic E-state index is -0.702. The van der Waals surface area contributed by atoms with Gasteiger partial charge in [0.2, 0.25) is 0 Å². The van der Waals surface area contributed by atoms with Crippen LogP contribution in [0.4, 0.5) is 8.78 Å². The number of nitrogens with one attached hydrogen (secondary N) is 2. The second kappa shape index (κ2) is 10.4. The lowest BCUT2D eigenvalue weighted by Crippen LogP contribution is -2.57. The van der Waals surface area contributed by atoms with Crippen molar-refractivity contribution in [3.05, 3.63) is 58.1 Å². The van der Waals surface area contributed by atoms with Gasteiger partial charge in [-0.2, -0.15) is 0 Å². The third-order valence-electron chi connectivity index (χ3n) is 6.22. The molecule has 7 nitrogen and oxygen atoms in total. The molecule has 2 N–H and O–H groups in total. The minimum absolute atomic E-state index is 0.0505. The van der Waals surface area contributed by atoms with E-state index in [4.69, 9.17) is 32.7 Å². The standard InChI is InChI=1S/C24H22Cl2F2N2O5/c25-16-3-1-14(7-18(16)27)34-11-21(32)29-23-13-5-6-24(9-13,10-20(23)31)30-22(33)12-35-15-2-4-17(26)19(28)8-15/h1-4,7-8,13,23H,5-6,9-12H2,(H,29,32)(H,30,33)/t13-,23?,24-/m1/s1. The van der Waals surface area contributed by atoms with Crippen LogP contribution in [-0.4, -0.2) is 42.4 Å². The molecule has 2 aliphatic rings. The Balaban J connectivity index is 1.27. The Labute approximate surface area is 210 Å². The molecule has 2 aromatic carbocycles. The van der Waals surface area contributed by atoms with Crippen LogP contribution in [0.25, 0.3) is 0 Å². The molecule has 4 rings (SSSR count). The van der Waals surface area contributed by atoms with Gasteiger partial charge < -0.3 is 20.1 Å². The topological polar surface area (TPSA) is 93.7 Å². The lowest BCUT2D eigenvalue weighted by molar-refractivity contribution is -0.133. The number of carbonyl (C=O) groups is 3. The fraction of sp³-hybridized carbons (Fsp3) is 0.375. The van der Waals surface area contributed by atoms with Crippen molar-refractivity contribution in [2.75, 3.05) is 13.2 Å². The van der Waals surface area contributed by atoms with Crippen molar-refractivity contribution in [2.45, 2.75) is 37.3 Å². The normalized spacial score (nSPS) is 23.0. The van der Waals surface area contributed by atoms with Crippen LogP contribution in [0.3, 0.4) is 0 Å². The molecule has 0 aliphatic heterocycles. The van der Waals surface area contributed by atoms with Crippen molar-refractivity contribution in [3.8, 4) is 11.5 Å². The van der Waals surface area contributed by atoms with Gasteiger partial charge in [0.25, 0.3) is 11.8 Å². The summed E-state index contributed by atoms with van der Waals surface area (Å²) in [5, 5.41) is 5.49. The number of halogens is 4. The van der Waals surface area contributed by atoms with Crippen LogP contribution in [-0.2, 0) is 14.4 Å². The maximum absolute atomic E-state index is 13.5. The number of benzene rings is 2. The SMILES string of the molecule is O=C(COc1ccc(Cl)c(F)c1)NC1C(=O)C[C@@]2(NC(=O)COc3ccc(Cl)c(F)c3)CC[C@@H]1C2. The summed E-state index contributed by atoms with van der Waals surface area (Å²) in [6.45, 7) is -0.730. The Morgan fingerprint density at radius 1 is 0.971 bits per heavy atom. The van der Waals surface area contributed by atoms with Crippen LogP contribution in [0.1, 0.15) is 25.7 Å². The third kappa shape index (κ3) is 6.02. The summed E-state index contributed by atoms with van der Waals surface area (Å²) in [7, 11) is 0. The highest BCUT2D eigenvalue weighted by molar-refractivity contribution is 6.31. The molecule has 0 aromatic heterocycles. The number of carbonyl (C=O) groups excluding carboxylic acids is 3. The molecule has 2 amide bonds. The van der Waals surface area contributed by atoms with E-state index in [9.17, 15) is 23.2 Å². The zero-order valence-electron chi connectivity index (χ0n) is 18.4. The Bertz CT molecular complexity index is 1160. The van der Waals surface area contributed by atoms with Crippen molar-refractivity contribution in [2.24, 2.45) is 5.92 Å². The van der Waals surface area contributed by atoms with Crippen LogP contribution < -0.4 is 20.1 Å². The quantitative estimate of drug-likeness (QED) is 0.545. The van der Waals surface area contributed by atoms with Gasteiger partial charge in [0.15, 0.2) is 19.0 Å². The number of Topliss-reactive ketones (excluding diaryl/α,β-unsaturated/α-hetero) is 1. The largest absolute Gasteiger partial charge is 0.484 e. The van der Waals surface area contributed by atoms with Crippen LogP contribution in [0, 0.1) is 17.6 Å². The third-order valence-corrected chi connectivity index (χ3v) is 6.83. The van der Waals surface area contributed by atoms with Gasteiger partial charge in [-0.3, -0.25) is 14.4 Å². The first-order valence-corrected chi connectivity index (χ1v) is 11.7. The Kier molecular flexibility index (Phi) is 7.47. The number of fused-ring (bicyclic) bond motifs is 2. The lowest BCUT2D eigenvalue weighted by atomic mass is 9.79. The average Bonchev–Trinajstić information content (AvgIpc) is 3.16. The fourth-order valence-corrected chi connectivity index (χ4v) is 4.89. The Morgan fingerprint density at radius 2 is 1.54 bits per heavy atom. The number of amides is 2. The lowest BCUT2D eigenvalue weighted by Gasteiger charge is -2.37. The van der Waals surface area contributed by atoms with Crippen LogP contribution in [0.5, 0.6) is 11.5 Å². The summed E-state index contributed by atoms with van der Waals surface area (Å²) in [5.74, 6) is -2.28. The van der Waals surface area contributed by atoms with E-state index in [1.165, 1.54) is 24.3 Å². The molecule has 35 heavy (non-hydrogen) atoms. The van der Waals surface area contributed by atoms with Crippen molar-refractivity contribution >= 4 is 40.8 Å². The molecule has 2 aliphatic carbocycles. The van der Waals surface area contributed by atoms with Crippen molar-refractivity contribution < 1.29 is 32.6 Å². The molecule has 11 heteroatoms. The van der Waals surface area contributed by atoms with Crippen molar-refractivity contribution in [1.29, 1.82) is 0 Å². The summed E-state index contributed by atoms with van der Waals surface area (Å²) < 4.78 is 37.6. The molecule has 1 unspecified atom stereocenters. The molecule has 186 valence electrons. The fourth-order valence-electron chi connectivity index (χ4n) is 4.65. The maximum atomic E-state index is 13.5. The minimum Gasteiger partial charge on any atom is -0.484 e. The summed E-state index contributed by atoms with van der Waals surface area (Å²) in [6.07, 6.45) is 1.81. The van der Waals surface area contributed by atoms with E-state index < -0.39 is 35.0 Å². The number of ether oxygens (including phenoxy) is 2. The van der Waals surface area contributed by atoms with E-state index >= 15 is 0 Å². The van der Waals surface area contributed by atoms with Crippen LogP contribution in [0.15, 0.2) is 36.4 Å². The van der Waals surface area contributed by atoms with Gasteiger partial charge in [-0.05, 0) is 49.4 Å². The number of ketones is 1. The van der Waals surface area contributed by atoms with Crippen molar-refractivity contribution in [1.82, 2.24) is 10.6 Å². The first-order chi connectivity index (χ1) is 16.6. The molecular weight excluding hydrogens is 505 g/mol. The van der Waals surface area contributed by atoms with Crippen LogP contribution in [0.2, 0.25) is 10.0 Å². The van der Waals surface area contributed by atoms with E-state index in [-0.39, 0.29) is 52.9 Å². The zero-order valence-corrected chi connectivity index (χ0v) is 19.9. The van der Waals surface area contributed by atoms with Gasteiger partial charge in [-0.1, -0.05) is 23.2 Å². The molecule has 0 spiro atoms. The molecule has 3 atom stereocenters. The van der Waals surface area contributed by atoms with E-state index in [0.717, 1.165) is 12.1 Å². The highest BCUT2D eigenvalue weighted by atomic mass is 35.5. The van der Waals surface area contributed by atoms with Crippen molar-refractivity contribution in [3.63, 3.8) is 0 Å². The second-order valence-electron chi connectivity index (χ2n) is 8.75. The smallest absolute Gasteiger partial charge is 0.258 e. The predicted octanol–water partition coefficient (Wildman–Crippen LogP) is 3.84. The zero-order chi connectivity index (χ0) is 25.2. The molecule has 0 radical (unpaired) electrons. The number of rotatable bonds is 8. The number of hydrogen-bond donors (Lipinski definition) is 2. The highest BCUT2D eigenvalue weighted by Gasteiger charge is 2.51. The monoisotopic (exact) mass is 526 g/mol. The molecular formula is C24H22Cl2F2N2O5. The van der Waals surface area contributed by atoms with Gasteiger partial charge in [-0.15, -0.1) is 0 Å². The van der Waals surface area contributed by atoms with Gasteiger partial charge in [-0.25, -0.2) is 8.78 Å². The summed E-state index contributed by atoms with van der Waals surface area (Å²) in [6, 6.07) is 7.01. The van der Waals surface area contributed by atoms with Crippen LogP contribution >= 0.6 is 23.2 Å². The molecule has 0 saturated heterocycles. The van der Waals surface area contributed by atoms with Gasteiger partial charge >= 0.3 is 0 Å². The molecule has 0 heterocycles. The molecule has 2 saturated carbocycles. The van der Waals surface area contributed by atoms with E-state index in [2.05, 4.69) is 10.6 Å². The molecule has 2 aromatic rings.